The molecule has 9 aromatic carbocycles. The maximum atomic E-state index is 6.96. The average Bonchev–Trinajstić information content (AvgIpc) is 4.00. The lowest BCUT2D eigenvalue weighted by molar-refractivity contribution is 0.671. The van der Waals surface area contributed by atoms with E-state index >= 15 is 0 Å². The lowest BCUT2D eigenvalue weighted by Crippen LogP contribution is -1.98. The van der Waals surface area contributed by atoms with Crippen LogP contribution in [0.3, 0.4) is 0 Å². The van der Waals surface area contributed by atoms with Crippen LogP contribution in [-0.2, 0) is 0 Å². The second kappa shape index (κ2) is 13.1. The first kappa shape index (κ1) is 33.7. The van der Waals surface area contributed by atoms with E-state index in [4.69, 9.17) is 14.4 Å². The van der Waals surface area contributed by atoms with Crippen LogP contribution in [-0.4, -0.2) is 19.1 Å². The Kier molecular flexibility index (Phi) is 7.24. The van der Waals surface area contributed by atoms with Crippen molar-refractivity contribution in [2.45, 2.75) is 0 Å². The Balaban J connectivity index is 1.10. The summed E-state index contributed by atoms with van der Waals surface area (Å²) in [5.41, 5.74) is 13.2. The van der Waals surface area contributed by atoms with Gasteiger partial charge >= 0.3 is 0 Å². The molecule has 0 atom stereocenters. The Morgan fingerprint density at radius 2 is 0.951 bits per heavy atom. The van der Waals surface area contributed by atoms with E-state index in [1.165, 1.54) is 21.5 Å². The largest absolute Gasteiger partial charge is 0.454 e. The number of aromatic nitrogens is 4. The summed E-state index contributed by atoms with van der Waals surface area (Å²) in [6.07, 6.45) is 0. The van der Waals surface area contributed by atoms with Crippen molar-refractivity contribution in [1.82, 2.24) is 19.1 Å². The highest BCUT2D eigenvalue weighted by Crippen LogP contribution is 2.49. The summed E-state index contributed by atoms with van der Waals surface area (Å²) in [4.78, 5) is 10.4. The molecular formula is C56H34N4O. The van der Waals surface area contributed by atoms with Crippen molar-refractivity contribution in [3.8, 4) is 45.3 Å². The minimum atomic E-state index is 0.695. The number of nitrogens with zero attached hydrogens (tertiary/aromatic N) is 4. The van der Waals surface area contributed by atoms with Gasteiger partial charge in [-0.3, -0.25) is 0 Å². The van der Waals surface area contributed by atoms with Gasteiger partial charge in [0.15, 0.2) is 11.4 Å². The standard InChI is InChI=1S/C56H34N4O/c1-3-17-37(18-4-1)56-57-45(34-46(58-56)41-26-15-19-35-16-7-8-22-40(35)41)36-30-32-39(33-31-36)59-47-27-12-9-23-42(47)50-51-44-25-11-14-29-49(44)61-55(51)54-52(53(50)59)43-24-10-13-28-48(43)60(54)38-20-5-2-6-21-38/h1-34H. The first-order valence-electron chi connectivity index (χ1n) is 20.7. The summed E-state index contributed by atoms with van der Waals surface area (Å²) < 4.78 is 11.8. The van der Waals surface area contributed by atoms with Crippen molar-refractivity contribution in [3.05, 3.63) is 206 Å². The molecule has 0 saturated carbocycles. The van der Waals surface area contributed by atoms with E-state index in [0.717, 1.165) is 94.2 Å². The number of hydrogen-bond acceptors (Lipinski definition) is 3. The molecular weight excluding hydrogens is 745 g/mol. The van der Waals surface area contributed by atoms with Gasteiger partial charge in [0.1, 0.15) is 5.58 Å². The lowest BCUT2D eigenvalue weighted by Gasteiger charge is -2.13. The fourth-order valence-corrected chi connectivity index (χ4v) is 9.68. The van der Waals surface area contributed by atoms with Crippen LogP contribution in [0.1, 0.15) is 0 Å². The van der Waals surface area contributed by atoms with Crippen molar-refractivity contribution >= 4 is 76.3 Å². The second-order valence-electron chi connectivity index (χ2n) is 15.7. The molecule has 13 aromatic rings. The molecule has 0 aliphatic carbocycles. The van der Waals surface area contributed by atoms with Gasteiger partial charge in [0.05, 0.1) is 33.5 Å². The van der Waals surface area contributed by atoms with Crippen molar-refractivity contribution < 1.29 is 4.42 Å². The molecule has 0 radical (unpaired) electrons. The zero-order valence-electron chi connectivity index (χ0n) is 32.8. The van der Waals surface area contributed by atoms with Crippen molar-refractivity contribution in [3.63, 3.8) is 0 Å². The molecule has 0 bridgehead atoms. The highest BCUT2D eigenvalue weighted by Gasteiger charge is 2.27. The third-order valence-corrected chi connectivity index (χ3v) is 12.3. The Hall–Kier alpha value is -8.28. The van der Waals surface area contributed by atoms with Gasteiger partial charge in [-0.2, -0.15) is 0 Å². The predicted octanol–water partition coefficient (Wildman–Crippen LogP) is 14.7. The van der Waals surface area contributed by atoms with Crippen LogP contribution in [0.5, 0.6) is 0 Å². The van der Waals surface area contributed by atoms with Crippen LogP contribution in [0, 0.1) is 0 Å². The van der Waals surface area contributed by atoms with Gasteiger partial charge in [0.25, 0.3) is 0 Å². The smallest absolute Gasteiger partial charge is 0.160 e. The number of fused-ring (bicyclic) bond motifs is 13. The van der Waals surface area contributed by atoms with Crippen LogP contribution in [0.15, 0.2) is 211 Å². The molecule has 61 heavy (non-hydrogen) atoms. The van der Waals surface area contributed by atoms with Crippen molar-refractivity contribution in [2.75, 3.05) is 0 Å². The maximum Gasteiger partial charge on any atom is 0.160 e. The van der Waals surface area contributed by atoms with Gasteiger partial charge in [-0.1, -0.05) is 158 Å². The summed E-state index contributed by atoms with van der Waals surface area (Å²) in [7, 11) is 0. The predicted molar refractivity (Wildman–Crippen MR) is 252 cm³/mol. The molecule has 4 heterocycles. The molecule has 0 aliphatic rings. The fourth-order valence-electron chi connectivity index (χ4n) is 9.68. The summed E-state index contributed by atoms with van der Waals surface area (Å²) in [6, 6.07) is 72.8. The SMILES string of the molecule is c1ccc(-c2nc(-c3ccc(-n4c5ccccc5c5c6c7ccccc7oc6c6c(c7ccccc7n6-c6ccccc6)c54)cc3)cc(-c3cccc4ccccc34)n2)cc1. The number of furan rings is 1. The minimum Gasteiger partial charge on any atom is -0.454 e. The van der Waals surface area contributed by atoms with E-state index in [-0.39, 0.29) is 0 Å². The van der Waals surface area contributed by atoms with E-state index in [0.29, 0.717) is 5.82 Å². The number of hydrogen-bond donors (Lipinski definition) is 0. The average molecular weight is 779 g/mol. The van der Waals surface area contributed by atoms with Crippen LogP contribution in [0.2, 0.25) is 0 Å². The van der Waals surface area contributed by atoms with Gasteiger partial charge in [0, 0.05) is 60.4 Å². The number of para-hydroxylation sites is 4. The topological polar surface area (TPSA) is 48.8 Å². The zero-order chi connectivity index (χ0) is 40.0. The molecule has 5 nitrogen and oxygen atoms in total. The maximum absolute atomic E-state index is 6.96. The molecule has 0 spiro atoms. The van der Waals surface area contributed by atoms with Crippen molar-refractivity contribution in [1.29, 1.82) is 0 Å². The second-order valence-corrected chi connectivity index (χ2v) is 15.7. The summed E-state index contributed by atoms with van der Waals surface area (Å²) >= 11 is 0. The van der Waals surface area contributed by atoms with Crippen LogP contribution >= 0.6 is 0 Å². The molecule has 0 unspecified atom stereocenters. The van der Waals surface area contributed by atoms with Crippen LogP contribution in [0.4, 0.5) is 0 Å². The fraction of sp³-hybridized carbons (Fsp3) is 0. The van der Waals surface area contributed by atoms with Gasteiger partial charge in [-0.15, -0.1) is 0 Å². The normalized spacial score (nSPS) is 11.9. The van der Waals surface area contributed by atoms with Crippen molar-refractivity contribution in [2.24, 2.45) is 0 Å². The van der Waals surface area contributed by atoms with Crippen LogP contribution < -0.4 is 0 Å². The Labute approximate surface area is 350 Å². The third kappa shape index (κ3) is 5.01. The summed E-state index contributed by atoms with van der Waals surface area (Å²) in [6.45, 7) is 0. The first-order valence-corrected chi connectivity index (χ1v) is 20.7. The quantitative estimate of drug-likeness (QED) is 0.175. The van der Waals surface area contributed by atoms with Gasteiger partial charge in [0.2, 0.25) is 0 Å². The Morgan fingerprint density at radius 3 is 1.72 bits per heavy atom. The summed E-state index contributed by atoms with van der Waals surface area (Å²) in [5, 5.41) is 9.26. The number of rotatable bonds is 5. The van der Waals surface area contributed by atoms with Gasteiger partial charge < -0.3 is 13.6 Å². The monoisotopic (exact) mass is 778 g/mol. The molecule has 0 amide bonds. The van der Waals surface area contributed by atoms with Gasteiger partial charge in [-0.05, 0) is 59.3 Å². The van der Waals surface area contributed by atoms with Gasteiger partial charge in [-0.25, -0.2) is 9.97 Å². The Bertz CT molecular complexity index is 3850. The highest BCUT2D eigenvalue weighted by molar-refractivity contribution is 6.39. The molecule has 5 heteroatoms. The minimum absolute atomic E-state index is 0.695. The van der Waals surface area contributed by atoms with E-state index in [1.54, 1.807) is 0 Å². The molecule has 0 saturated heterocycles. The zero-order valence-corrected chi connectivity index (χ0v) is 32.8. The van der Waals surface area contributed by atoms with E-state index in [1.807, 2.05) is 18.2 Å². The van der Waals surface area contributed by atoms with Crippen LogP contribution in [0.25, 0.3) is 122 Å². The molecule has 13 rings (SSSR count). The van der Waals surface area contributed by atoms with E-state index in [9.17, 15) is 0 Å². The molecule has 284 valence electrons. The number of benzene rings is 9. The third-order valence-electron chi connectivity index (χ3n) is 12.3. The molecule has 0 aliphatic heterocycles. The van der Waals surface area contributed by atoms with E-state index < -0.39 is 0 Å². The lowest BCUT2D eigenvalue weighted by atomic mass is 10.0. The molecule has 0 N–H and O–H groups in total. The first-order chi connectivity index (χ1) is 30.3. The highest BCUT2D eigenvalue weighted by atomic mass is 16.3. The Morgan fingerprint density at radius 1 is 0.377 bits per heavy atom. The summed E-state index contributed by atoms with van der Waals surface area (Å²) in [5.74, 6) is 0.695. The van der Waals surface area contributed by atoms with E-state index in [2.05, 4.69) is 197 Å². The molecule has 4 aromatic heterocycles. The molecule has 0 fully saturated rings.